The maximum absolute atomic E-state index is 12.6. The maximum Gasteiger partial charge on any atom is 0.281 e. The minimum Gasteiger partial charge on any atom is -0.378 e. The molecule has 4 heterocycles. The maximum atomic E-state index is 12.6. The van der Waals surface area contributed by atoms with E-state index in [1.54, 1.807) is 18.3 Å². The van der Waals surface area contributed by atoms with E-state index in [0.717, 1.165) is 45.9 Å². The lowest BCUT2D eigenvalue weighted by Crippen LogP contribution is -2.43. The molecule has 0 unspecified atom stereocenters. The zero-order valence-electron chi connectivity index (χ0n) is 18.5. The average Bonchev–Trinajstić information content (AvgIpc) is 3.46. The number of nitrogens with zero attached hydrogens (tertiary/aromatic N) is 4. The van der Waals surface area contributed by atoms with Gasteiger partial charge in [0.15, 0.2) is 5.13 Å². The van der Waals surface area contributed by atoms with Crippen molar-refractivity contribution < 1.29 is 14.3 Å². The number of carbonyl (C=O) groups excluding carboxylic acids is 2. The zero-order chi connectivity index (χ0) is 22.8. The summed E-state index contributed by atoms with van der Waals surface area (Å²) >= 11 is 2.92. The fourth-order valence-electron chi connectivity index (χ4n) is 3.64. The number of ether oxygens (including phenoxy) is 1. The molecule has 1 saturated heterocycles. The number of morpholine rings is 1. The largest absolute Gasteiger partial charge is 0.378 e. The summed E-state index contributed by atoms with van der Waals surface area (Å²) < 4.78 is 7.28. The molecule has 0 radical (unpaired) electrons. The Labute approximate surface area is 194 Å². The van der Waals surface area contributed by atoms with Gasteiger partial charge in [-0.3, -0.25) is 20.4 Å². The van der Waals surface area contributed by atoms with Crippen LogP contribution in [0.4, 0.5) is 5.13 Å². The number of amides is 2. The van der Waals surface area contributed by atoms with Crippen LogP contribution in [0.5, 0.6) is 0 Å². The quantitative estimate of drug-likeness (QED) is 0.551. The van der Waals surface area contributed by atoms with Gasteiger partial charge in [-0.25, -0.2) is 9.97 Å². The minimum absolute atomic E-state index is 0.0990. The van der Waals surface area contributed by atoms with Crippen molar-refractivity contribution in [3.05, 3.63) is 38.4 Å². The van der Waals surface area contributed by atoms with Crippen molar-refractivity contribution in [2.75, 3.05) is 31.2 Å². The Balaban J connectivity index is 1.38. The first kappa shape index (κ1) is 22.4. The van der Waals surface area contributed by atoms with Gasteiger partial charge in [-0.2, -0.15) is 0 Å². The van der Waals surface area contributed by atoms with E-state index in [-0.39, 0.29) is 18.4 Å². The number of hydrazine groups is 1. The van der Waals surface area contributed by atoms with Crippen LogP contribution in [0.15, 0.2) is 11.4 Å². The van der Waals surface area contributed by atoms with Crippen LogP contribution < -0.4 is 15.8 Å². The predicted molar refractivity (Wildman–Crippen MR) is 125 cm³/mol. The van der Waals surface area contributed by atoms with E-state index in [9.17, 15) is 9.59 Å². The summed E-state index contributed by atoms with van der Waals surface area (Å²) in [4.78, 5) is 36.8. The number of carbonyl (C=O) groups is 2. The summed E-state index contributed by atoms with van der Waals surface area (Å²) in [7, 11) is 0. The summed E-state index contributed by atoms with van der Waals surface area (Å²) in [6, 6.07) is 2.03. The molecule has 170 valence electrons. The molecule has 0 aromatic carbocycles. The van der Waals surface area contributed by atoms with Crippen LogP contribution >= 0.6 is 22.7 Å². The summed E-state index contributed by atoms with van der Waals surface area (Å²) in [6.07, 6.45) is 0. The highest BCUT2D eigenvalue weighted by Crippen LogP contribution is 2.28. The van der Waals surface area contributed by atoms with E-state index < -0.39 is 0 Å². The lowest BCUT2D eigenvalue weighted by atomic mass is 10.2. The fourth-order valence-corrected chi connectivity index (χ4v) is 5.27. The van der Waals surface area contributed by atoms with Crippen LogP contribution in [0.25, 0.3) is 11.3 Å². The van der Waals surface area contributed by atoms with Crippen molar-refractivity contribution in [2.24, 2.45) is 0 Å². The molecule has 3 aromatic rings. The first-order chi connectivity index (χ1) is 15.3. The summed E-state index contributed by atoms with van der Waals surface area (Å²) in [5.41, 5.74) is 9.53. The SMILES string of the molecule is Cc1nc(-c2cc(C)n(CC(=O)NNC(=O)c3sc(N4CCOCC4)nc3C)c2C)cs1. The third-order valence-corrected chi connectivity index (χ3v) is 7.35. The third-order valence-electron chi connectivity index (χ3n) is 5.36. The number of aromatic nitrogens is 3. The monoisotopic (exact) mass is 474 g/mol. The number of anilines is 1. The lowest BCUT2D eigenvalue weighted by molar-refractivity contribution is -0.122. The molecule has 0 spiro atoms. The number of hydrogen-bond acceptors (Lipinski definition) is 8. The number of nitrogens with one attached hydrogen (secondary N) is 2. The van der Waals surface area contributed by atoms with Crippen molar-refractivity contribution in [3.8, 4) is 11.3 Å². The number of thiazole rings is 2. The summed E-state index contributed by atoms with van der Waals surface area (Å²) in [5, 5.41) is 3.82. The van der Waals surface area contributed by atoms with Crippen molar-refractivity contribution >= 4 is 39.6 Å². The molecular formula is C21H26N6O3S2. The fraction of sp³-hybridized carbons (Fsp3) is 0.429. The summed E-state index contributed by atoms with van der Waals surface area (Å²) in [6.45, 7) is 10.6. The van der Waals surface area contributed by atoms with Crippen LogP contribution in [0.3, 0.4) is 0 Å². The normalized spacial score (nSPS) is 13.9. The van der Waals surface area contributed by atoms with Crippen molar-refractivity contribution in [1.29, 1.82) is 0 Å². The molecule has 2 amide bonds. The van der Waals surface area contributed by atoms with Gasteiger partial charge in [0.25, 0.3) is 11.8 Å². The number of hydrogen-bond donors (Lipinski definition) is 2. The van der Waals surface area contributed by atoms with Gasteiger partial charge in [0, 0.05) is 35.4 Å². The topological polar surface area (TPSA) is 101 Å². The van der Waals surface area contributed by atoms with Gasteiger partial charge in [-0.15, -0.1) is 11.3 Å². The molecule has 32 heavy (non-hydrogen) atoms. The van der Waals surface area contributed by atoms with E-state index in [1.807, 2.05) is 36.8 Å². The molecule has 0 aliphatic carbocycles. The highest BCUT2D eigenvalue weighted by Gasteiger charge is 2.21. The minimum atomic E-state index is -0.368. The number of aryl methyl sites for hydroxylation is 3. The first-order valence-electron chi connectivity index (χ1n) is 10.3. The second kappa shape index (κ2) is 9.39. The molecule has 0 bridgehead atoms. The smallest absolute Gasteiger partial charge is 0.281 e. The first-order valence-corrected chi connectivity index (χ1v) is 12.0. The van der Waals surface area contributed by atoms with Gasteiger partial charge < -0.3 is 14.2 Å². The van der Waals surface area contributed by atoms with E-state index in [1.165, 1.54) is 11.3 Å². The zero-order valence-corrected chi connectivity index (χ0v) is 20.2. The van der Waals surface area contributed by atoms with Crippen LogP contribution in [0, 0.1) is 27.7 Å². The van der Waals surface area contributed by atoms with E-state index in [2.05, 4.69) is 25.7 Å². The Kier molecular flexibility index (Phi) is 6.58. The molecule has 3 aromatic heterocycles. The van der Waals surface area contributed by atoms with Gasteiger partial charge in [0.2, 0.25) is 0 Å². The molecule has 0 atom stereocenters. The van der Waals surface area contributed by atoms with Crippen LogP contribution in [-0.4, -0.2) is 52.7 Å². The van der Waals surface area contributed by atoms with E-state index >= 15 is 0 Å². The second-order valence-corrected chi connectivity index (χ2v) is 9.68. The lowest BCUT2D eigenvalue weighted by Gasteiger charge is -2.25. The Bertz CT molecular complexity index is 1140. The van der Waals surface area contributed by atoms with Crippen molar-refractivity contribution in [3.63, 3.8) is 0 Å². The molecule has 1 aliphatic heterocycles. The Hall–Kier alpha value is -2.76. The van der Waals surface area contributed by atoms with Gasteiger partial charge in [0.1, 0.15) is 11.4 Å². The number of rotatable bonds is 5. The van der Waals surface area contributed by atoms with E-state index in [0.29, 0.717) is 23.8 Å². The molecule has 2 N–H and O–H groups in total. The third kappa shape index (κ3) is 4.69. The molecule has 1 fully saturated rings. The van der Waals surface area contributed by atoms with Gasteiger partial charge >= 0.3 is 0 Å². The Morgan fingerprint density at radius 1 is 1.12 bits per heavy atom. The molecule has 0 saturated carbocycles. The van der Waals surface area contributed by atoms with Gasteiger partial charge in [0.05, 0.1) is 29.6 Å². The molecule has 4 rings (SSSR count). The predicted octanol–water partition coefficient (Wildman–Crippen LogP) is 2.60. The highest BCUT2D eigenvalue weighted by molar-refractivity contribution is 7.17. The van der Waals surface area contributed by atoms with Crippen molar-refractivity contribution in [2.45, 2.75) is 34.2 Å². The standard InChI is InChI=1S/C21H26N6O3S2/c1-12-9-16(17-11-31-15(4)23-17)14(3)27(12)10-18(28)24-25-20(29)19-13(2)22-21(32-19)26-5-7-30-8-6-26/h9,11H,5-8,10H2,1-4H3,(H,24,28)(H,25,29). The van der Waals surface area contributed by atoms with Crippen LogP contribution in [0.1, 0.15) is 31.8 Å². The van der Waals surface area contributed by atoms with Crippen LogP contribution in [0.2, 0.25) is 0 Å². The summed E-state index contributed by atoms with van der Waals surface area (Å²) in [5.74, 6) is -0.677. The Morgan fingerprint density at radius 3 is 2.56 bits per heavy atom. The highest BCUT2D eigenvalue weighted by atomic mass is 32.1. The van der Waals surface area contributed by atoms with Gasteiger partial charge in [-0.05, 0) is 33.8 Å². The van der Waals surface area contributed by atoms with Crippen LogP contribution in [-0.2, 0) is 16.1 Å². The van der Waals surface area contributed by atoms with Gasteiger partial charge in [-0.1, -0.05) is 11.3 Å². The second-order valence-electron chi connectivity index (χ2n) is 7.64. The molecular weight excluding hydrogens is 448 g/mol. The molecule has 1 aliphatic rings. The van der Waals surface area contributed by atoms with Crippen molar-refractivity contribution in [1.82, 2.24) is 25.4 Å². The molecule has 9 nitrogen and oxygen atoms in total. The molecule has 11 heteroatoms. The average molecular weight is 475 g/mol. The van der Waals surface area contributed by atoms with E-state index in [4.69, 9.17) is 4.74 Å². The Morgan fingerprint density at radius 2 is 1.88 bits per heavy atom.